The third kappa shape index (κ3) is 6.50. The number of rotatable bonds is 12. The Balaban J connectivity index is 2.89. The number of hydrogen-bond acceptors (Lipinski definition) is 8. The first-order valence-electron chi connectivity index (χ1n) is 10.4. The van der Waals surface area contributed by atoms with Gasteiger partial charge < -0.3 is 29.9 Å². The molecule has 8 nitrogen and oxygen atoms in total. The smallest absolute Gasteiger partial charge is 0.340 e. The van der Waals surface area contributed by atoms with Crippen LogP contribution in [0.5, 0.6) is 0 Å². The molecule has 4 atom stereocenters. The van der Waals surface area contributed by atoms with Crippen LogP contribution in [0.15, 0.2) is 24.3 Å². The van der Waals surface area contributed by atoms with E-state index >= 15 is 0 Å². The number of ether oxygens (including phenoxy) is 2. The van der Waals surface area contributed by atoms with E-state index in [1.807, 2.05) is 13.8 Å². The molecule has 0 aliphatic rings. The van der Waals surface area contributed by atoms with E-state index in [9.17, 15) is 30.0 Å². The fourth-order valence-electron chi connectivity index (χ4n) is 2.93. The summed E-state index contributed by atoms with van der Waals surface area (Å²) in [4.78, 5) is 24.7. The molecule has 0 heterocycles. The molecule has 4 N–H and O–H groups in total. The Hall–Kier alpha value is -2.00. The van der Waals surface area contributed by atoms with Gasteiger partial charge in [0.15, 0.2) is 0 Å². The van der Waals surface area contributed by atoms with Gasteiger partial charge in [-0.2, -0.15) is 0 Å². The van der Waals surface area contributed by atoms with Crippen molar-refractivity contribution in [3.63, 3.8) is 0 Å². The number of carbonyl (C=O) groups excluding carboxylic acids is 2. The van der Waals surface area contributed by atoms with E-state index in [0.717, 1.165) is 0 Å². The first-order chi connectivity index (χ1) is 14.1. The van der Waals surface area contributed by atoms with Crippen molar-refractivity contribution in [2.45, 2.75) is 90.0 Å². The van der Waals surface area contributed by atoms with Gasteiger partial charge in [0.2, 0.25) is 11.6 Å². The molecule has 0 spiro atoms. The summed E-state index contributed by atoms with van der Waals surface area (Å²) >= 11 is 0. The molecule has 0 bridgehead atoms. The second-order valence-electron chi connectivity index (χ2n) is 7.36. The Morgan fingerprint density at radius 1 is 0.767 bits per heavy atom. The van der Waals surface area contributed by atoms with Crippen LogP contribution in [0.1, 0.15) is 86.9 Å². The Bertz CT molecular complexity index is 630. The van der Waals surface area contributed by atoms with Gasteiger partial charge in [0.1, 0.15) is 12.2 Å². The molecule has 0 saturated heterocycles. The quantitative estimate of drug-likeness (QED) is 0.296. The van der Waals surface area contributed by atoms with E-state index in [-0.39, 0.29) is 36.8 Å². The summed E-state index contributed by atoms with van der Waals surface area (Å²) in [6, 6.07) is 5.26. The minimum atomic E-state index is -2.00. The third-order valence-electron chi connectivity index (χ3n) is 5.07. The maximum Gasteiger partial charge on any atom is 0.340 e. The molecule has 1 aromatic rings. The van der Waals surface area contributed by atoms with E-state index in [1.54, 1.807) is 13.8 Å². The Morgan fingerprint density at radius 3 is 1.30 bits per heavy atom. The fourth-order valence-corrected chi connectivity index (χ4v) is 2.93. The number of hydrogen-bond donors (Lipinski definition) is 4. The number of benzene rings is 1. The van der Waals surface area contributed by atoms with Crippen LogP contribution >= 0.6 is 0 Å². The van der Waals surface area contributed by atoms with E-state index in [1.165, 1.54) is 24.3 Å². The monoisotopic (exact) mass is 426 g/mol. The number of aliphatic hydroxyl groups excluding tert-OH is 2. The summed E-state index contributed by atoms with van der Waals surface area (Å²) in [7, 11) is 0. The van der Waals surface area contributed by atoms with Crippen molar-refractivity contribution in [3.05, 3.63) is 35.4 Å². The first kappa shape index (κ1) is 26.0. The average Bonchev–Trinajstić information content (AvgIpc) is 2.73. The maximum atomic E-state index is 12.4. The summed E-state index contributed by atoms with van der Waals surface area (Å²) in [6.45, 7) is 6.85. The maximum absolute atomic E-state index is 12.4. The minimum absolute atomic E-state index is 0.0139. The predicted octanol–water partition coefficient (Wildman–Crippen LogP) is 2.52. The van der Waals surface area contributed by atoms with Crippen molar-refractivity contribution >= 4 is 11.9 Å². The zero-order valence-corrected chi connectivity index (χ0v) is 18.1. The van der Waals surface area contributed by atoms with Gasteiger partial charge in [0, 0.05) is 12.8 Å². The lowest BCUT2D eigenvalue weighted by molar-refractivity contribution is -0.227. The van der Waals surface area contributed by atoms with Gasteiger partial charge in [-0.15, -0.1) is 0 Å². The molecule has 0 aliphatic carbocycles. The highest BCUT2D eigenvalue weighted by molar-refractivity contribution is 5.93. The first-order valence-corrected chi connectivity index (χ1v) is 10.4. The number of carbonyl (C=O) groups is 2. The van der Waals surface area contributed by atoms with Crippen LogP contribution in [-0.4, -0.2) is 56.1 Å². The second-order valence-corrected chi connectivity index (χ2v) is 7.36. The van der Waals surface area contributed by atoms with Crippen molar-refractivity contribution in [3.8, 4) is 0 Å². The molecule has 0 aliphatic heterocycles. The molecule has 1 aromatic carbocycles. The van der Waals surface area contributed by atoms with Crippen molar-refractivity contribution in [1.82, 2.24) is 0 Å². The van der Waals surface area contributed by atoms with Crippen molar-refractivity contribution in [1.29, 1.82) is 0 Å². The molecule has 0 radical (unpaired) electrons. The normalized spacial score (nSPS) is 17.3. The molecule has 170 valence electrons. The number of esters is 2. The van der Waals surface area contributed by atoms with Gasteiger partial charge in [-0.3, -0.25) is 0 Å². The van der Waals surface area contributed by atoms with Crippen LogP contribution in [0, 0.1) is 0 Å². The molecule has 8 heteroatoms. The summed E-state index contributed by atoms with van der Waals surface area (Å²) in [6.07, 6.45) is -0.651. The van der Waals surface area contributed by atoms with Crippen LogP contribution in [0.3, 0.4) is 0 Å². The SMILES string of the molecule is CCCC(O)C(O)(CC)OC(=O)c1ccc(C(=O)OC(O)(CC)C(O)CCC)cc1. The molecular formula is C22H34O8. The standard InChI is InChI=1S/C22H34O8/c1-5-9-17(23)21(27,7-3)29-19(25)15-11-13-16(14-12-15)20(26)30-22(28,8-4)18(24)10-6-2/h11-14,17-18,23-24,27-28H,5-10H2,1-4H3. The largest absolute Gasteiger partial charge is 0.427 e. The zero-order valence-electron chi connectivity index (χ0n) is 18.1. The lowest BCUT2D eigenvalue weighted by Gasteiger charge is -2.31. The number of aliphatic hydroxyl groups is 4. The van der Waals surface area contributed by atoms with Crippen LogP contribution in [-0.2, 0) is 9.47 Å². The zero-order chi connectivity index (χ0) is 22.9. The summed E-state index contributed by atoms with van der Waals surface area (Å²) in [5, 5.41) is 41.0. The molecule has 0 saturated carbocycles. The Morgan fingerprint density at radius 2 is 1.07 bits per heavy atom. The van der Waals surface area contributed by atoms with Crippen LogP contribution in [0.2, 0.25) is 0 Å². The Kier molecular flexibility index (Phi) is 9.90. The van der Waals surface area contributed by atoms with Crippen molar-refractivity contribution < 1.29 is 39.5 Å². The van der Waals surface area contributed by atoms with E-state index in [4.69, 9.17) is 9.47 Å². The molecule has 0 fully saturated rings. The summed E-state index contributed by atoms with van der Waals surface area (Å²) in [5.41, 5.74) is 0.137. The predicted molar refractivity (Wildman–Crippen MR) is 110 cm³/mol. The lowest BCUT2D eigenvalue weighted by atomic mass is 10.0. The van der Waals surface area contributed by atoms with Crippen molar-refractivity contribution in [2.24, 2.45) is 0 Å². The Labute approximate surface area is 177 Å². The molecule has 4 unspecified atom stereocenters. The summed E-state index contributed by atoms with van der Waals surface area (Å²) in [5.74, 6) is -5.70. The van der Waals surface area contributed by atoms with Crippen LogP contribution in [0.4, 0.5) is 0 Å². The minimum Gasteiger partial charge on any atom is -0.427 e. The fraction of sp³-hybridized carbons (Fsp3) is 0.636. The summed E-state index contributed by atoms with van der Waals surface area (Å²) < 4.78 is 10.2. The van der Waals surface area contributed by atoms with Crippen LogP contribution in [0.25, 0.3) is 0 Å². The van der Waals surface area contributed by atoms with Gasteiger partial charge in [0.25, 0.3) is 0 Å². The third-order valence-corrected chi connectivity index (χ3v) is 5.07. The van der Waals surface area contributed by atoms with Crippen molar-refractivity contribution in [2.75, 3.05) is 0 Å². The highest BCUT2D eigenvalue weighted by Gasteiger charge is 2.39. The van der Waals surface area contributed by atoms with Crippen LogP contribution < -0.4 is 0 Å². The van der Waals surface area contributed by atoms with Gasteiger partial charge in [-0.05, 0) is 37.1 Å². The second kappa shape index (κ2) is 11.4. The van der Waals surface area contributed by atoms with E-state index < -0.39 is 35.7 Å². The molecular weight excluding hydrogens is 392 g/mol. The molecule has 0 amide bonds. The van der Waals surface area contributed by atoms with Gasteiger partial charge in [-0.25, -0.2) is 9.59 Å². The topological polar surface area (TPSA) is 134 Å². The van der Waals surface area contributed by atoms with Gasteiger partial charge >= 0.3 is 11.9 Å². The van der Waals surface area contributed by atoms with E-state index in [2.05, 4.69) is 0 Å². The van der Waals surface area contributed by atoms with E-state index in [0.29, 0.717) is 12.8 Å². The van der Waals surface area contributed by atoms with Gasteiger partial charge in [-0.1, -0.05) is 40.5 Å². The molecule has 0 aromatic heterocycles. The molecule has 30 heavy (non-hydrogen) atoms. The average molecular weight is 427 g/mol. The highest BCUT2D eigenvalue weighted by atomic mass is 16.7. The highest BCUT2D eigenvalue weighted by Crippen LogP contribution is 2.24. The molecule has 1 rings (SSSR count). The van der Waals surface area contributed by atoms with Gasteiger partial charge in [0.05, 0.1) is 11.1 Å². The lowest BCUT2D eigenvalue weighted by Crippen LogP contribution is -2.46.